The second-order valence-corrected chi connectivity index (χ2v) is 7.47. The van der Waals surface area contributed by atoms with Crippen molar-refractivity contribution in [3.63, 3.8) is 0 Å². The lowest BCUT2D eigenvalue weighted by atomic mass is 10.1. The molecule has 1 aromatic carbocycles. The molecule has 174 valence electrons. The second-order valence-electron chi connectivity index (χ2n) is 7.06. The number of aliphatic hydroxyl groups excluding tert-OH is 1. The second kappa shape index (κ2) is 9.94. The zero-order valence-corrected chi connectivity index (χ0v) is 17.6. The Morgan fingerprint density at radius 3 is 2.91 bits per heavy atom. The number of benzene rings is 1. The predicted molar refractivity (Wildman–Crippen MR) is 112 cm³/mol. The van der Waals surface area contributed by atoms with E-state index in [0.29, 0.717) is 5.56 Å². The van der Waals surface area contributed by atoms with Gasteiger partial charge in [-0.3, -0.25) is 24.5 Å². The van der Waals surface area contributed by atoms with Crippen LogP contribution < -0.4 is 11.2 Å². The number of H-pyrrole nitrogens is 1. The molecule has 1 saturated heterocycles. The fraction of sp³-hybridized carbons (Fsp3) is 0.421. The van der Waals surface area contributed by atoms with Crippen molar-refractivity contribution in [1.29, 1.82) is 0 Å². The average Bonchev–Trinajstić information content (AvgIpc) is 3.10. The highest BCUT2D eigenvalue weighted by molar-refractivity contribution is 6.31. The molecule has 2 aromatic rings. The monoisotopic (exact) mass is 473 g/mol. The molecule has 1 fully saturated rings. The van der Waals surface area contributed by atoms with Crippen LogP contribution in [0.1, 0.15) is 25.2 Å². The van der Waals surface area contributed by atoms with Gasteiger partial charge in [-0.15, -0.1) is 0 Å². The minimum Gasteiger partial charge on any atom is -0.434 e. The Labute approximate surface area is 186 Å². The van der Waals surface area contributed by atoms with E-state index in [0.717, 1.165) is 4.57 Å². The molecule has 3 unspecified atom stereocenters. The minimum atomic E-state index is -1.06. The molecule has 2 N–H and O–H groups in total. The lowest BCUT2D eigenvalue weighted by Crippen LogP contribution is -2.33. The van der Waals surface area contributed by atoms with Gasteiger partial charge in [0.2, 0.25) is 0 Å². The van der Waals surface area contributed by atoms with Crippen LogP contribution in [0.25, 0.3) is 0 Å². The van der Waals surface area contributed by atoms with Crippen molar-refractivity contribution in [2.45, 2.75) is 38.2 Å². The summed E-state index contributed by atoms with van der Waals surface area (Å²) in [7, 11) is 0. The molecule has 12 nitrogen and oxygen atoms in total. The number of aryl methyl sites for hydroxylation is 1. The molecule has 1 aromatic heterocycles. The minimum absolute atomic E-state index is 0. The number of ether oxygens (including phenoxy) is 3. The Kier molecular flexibility index (Phi) is 7.28. The number of nitro groups is 1. The van der Waals surface area contributed by atoms with Gasteiger partial charge in [-0.1, -0.05) is 17.7 Å². The summed E-state index contributed by atoms with van der Waals surface area (Å²) in [5.74, 6) is 0. The summed E-state index contributed by atoms with van der Waals surface area (Å²) < 4.78 is 16.6. The van der Waals surface area contributed by atoms with E-state index in [4.69, 9.17) is 25.8 Å². The molecule has 1 aliphatic heterocycles. The third-order valence-electron chi connectivity index (χ3n) is 4.89. The van der Waals surface area contributed by atoms with Crippen LogP contribution in [0.15, 0.2) is 34.0 Å². The Morgan fingerprint density at radius 2 is 2.19 bits per heavy atom. The van der Waals surface area contributed by atoms with Crippen molar-refractivity contribution < 1.29 is 30.5 Å². The molecule has 0 radical (unpaired) electrons. The quantitative estimate of drug-likeness (QED) is 0.346. The van der Waals surface area contributed by atoms with Gasteiger partial charge < -0.3 is 19.3 Å². The highest BCUT2D eigenvalue weighted by atomic mass is 35.5. The summed E-state index contributed by atoms with van der Waals surface area (Å²) in [5.41, 5.74) is -0.867. The molecular weight excluding hydrogens is 450 g/mol. The zero-order valence-electron chi connectivity index (χ0n) is 16.9. The van der Waals surface area contributed by atoms with Crippen molar-refractivity contribution in [2.24, 2.45) is 0 Å². The van der Waals surface area contributed by atoms with E-state index in [1.54, 1.807) is 0 Å². The molecule has 0 aliphatic carbocycles. The first-order chi connectivity index (χ1) is 15.2. The number of aromatic nitrogens is 2. The van der Waals surface area contributed by atoms with Crippen LogP contribution >= 0.6 is 11.6 Å². The third-order valence-corrected chi connectivity index (χ3v) is 5.24. The van der Waals surface area contributed by atoms with Crippen molar-refractivity contribution in [3.8, 4) is 0 Å². The summed E-state index contributed by atoms with van der Waals surface area (Å²) in [6, 6.07) is 4.23. The van der Waals surface area contributed by atoms with Gasteiger partial charge in [0.1, 0.15) is 18.9 Å². The number of carbonyl (C=O) groups is 1. The molecule has 2 heterocycles. The molecule has 13 heteroatoms. The van der Waals surface area contributed by atoms with Crippen LogP contribution in [0.2, 0.25) is 5.02 Å². The van der Waals surface area contributed by atoms with Gasteiger partial charge in [-0.25, -0.2) is 9.59 Å². The molecule has 3 atom stereocenters. The standard InChI is InChI=1S/C19H20ClN3O9.H2/c1-10-8-22(18(26)21-17(10)25)16-7-14(24)15(32-16)9-31-19(27)30-6-5-11-12(20)3-2-4-13(11)23(28)29;/h2-4,8,14-16,24H,5-7,9H2,1H3,(H,21,25,26);1H/i;1+2. The van der Waals surface area contributed by atoms with E-state index in [-0.39, 0.29) is 43.8 Å². The molecule has 0 spiro atoms. The number of hydrogen-bond donors (Lipinski definition) is 2. The first-order valence-electron chi connectivity index (χ1n) is 9.54. The van der Waals surface area contributed by atoms with Crippen molar-refractivity contribution >= 4 is 23.4 Å². The Balaban J connectivity index is 0.00000385. The lowest BCUT2D eigenvalue weighted by Gasteiger charge is -2.16. The highest BCUT2D eigenvalue weighted by Crippen LogP contribution is 2.28. The van der Waals surface area contributed by atoms with E-state index >= 15 is 0 Å². The van der Waals surface area contributed by atoms with Crippen LogP contribution in [0.5, 0.6) is 0 Å². The van der Waals surface area contributed by atoms with Crippen molar-refractivity contribution in [1.82, 2.24) is 9.55 Å². The number of nitrogens with one attached hydrogen (secondary N) is 1. The maximum atomic E-state index is 12.0. The van der Waals surface area contributed by atoms with Gasteiger partial charge >= 0.3 is 11.8 Å². The first kappa shape index (κ1) is 23.4. The number of aromatic amines is 1. The largest absolute Gasteiger partial charge is 0.508 e. The van der Waals surface area contributed by atoms with Crippen molar-refractivity contribution in [2.75, 3.05) is 13.2 Å². The highest BCUT2D eigenvalue weighted by Gasteiger charge is 2.36. The van der Waals surface area contributed by atoms with Crippen LogP contribution in [-0.2, 0) is 20.6 Å². The smallest absolute Gasteiger partial charge is 0.434 e. The van der Waals surface area contributed by atoms with E-state index in [1.165, 1.54) is 31.3 Å². The number of aliphatic hydroxyl groups is 1. The summed E-state index contributed by atoms with van der Waals surface area (Å²) >= 11 is 5.98. The number of halogens is 1. The fourth-order valence-electron chi connectivity index (χ4n) is 3.23. The lowest BCUT2D eigenvalue weighted by molar-refractivity contribution is -0.385. The maximum absolute atomic E-state index is 12.0. The molecule has 3 rings (SSSR count). The van der Waals surface area contributed by atoms with E-state index < -0.39 is 40.8 Å². The van der Waals surface area contributed by atoms with Crippen LogP contribution in [0.3, 0.4) is 0 Å². The predicted octanol–water partition coefficient (Wildman–Crippen LogP) is 1.70. The Morgan fingerprint density at radius 1 is 1.44 bits per heavy atom. The van der Waals surface area contributed by atoms with E-state index in [1.807, 2.05) is 0 Å². The maximum Gasteiger partial charge on any atom is 0.508 e. The van der Waals surface area contributed by atoms with Gasteiger partial charge in [0.15, 0.2) is 0 Å². The molecular formula is C19H22ClN3O9. The number of carbonyl (C=O) groups excluding carboxylic acids is 1. The van der Waals surface area contributed by atoms with Crippen LogP contribution in [0, 0.1) is 17.0 Å². The van der Waals surface area contributed by atoms with Crippen LogP contribution in [-0.4, -0.2) is 51.2 Å². The number of nitro benzene ring substituents is 1. The molecule has 0 saturated carbocycles. The fourth-order valence-corrected chi connectivity index (χ4v) is 3.49. The van der Waals surface area contributed by atoms with E-state index in [2.05, 4.69) is 4.98 Å². The van der Waals surface area contributed by atoms with Gasteiger partial charge in [0, 0.05) is 32.1 Å². The number of hydrogen-bond acceptors (Lipinski definition) is 9. The van der Waals surface area contributed by atoms with Gasteiger partial charge in [-0.05, 0) is 13.0 Å². The van der Waals surface area contributed by atoms with Crippen LogP contribution in [0.4, 0.5) is 10.5 Å². The molecule has 0 bridgehead atoms. The molecule has 1 aliphatic rings. The SMILES string of the molecule is Cc1cn(C2CC(O)C(COC(=O)OCCc3c(Cl)cccc3[N+](=O)[O-])O2)c(=O)[nH]c1=O.[3HH]. The number of rotatable bonds is 7. The summed E-state index contributed by atoms with van der Waals surface area (Å²) in [6.45, 7) is 0.958. The third kappa shape index (κ3) is 5.33. The zero-order chi connectivity index (χ0) is 23.4. The normalized spacial score (nSPS) is 20.2. The average molecular weight is 474 g/mol. The first-order valence-corrected chi connectivity index (χ1v) is 9.92. The summed E-state index contributed by atoms with van der Waals surface area (Å²) in [4.78, 5) is 48.0. The molecule has 0 amide bonds. The molecule has 32 heavy (non-hydrogen) atoms. The Bertz CT molecular complexity index is 1140. The van der Waals surface area contributed by atoms with Gasteiger partial charge in [-0.2, -0.15) is 0 Å². The topological polar surface area (TPSA) is 163 Å². The number of nitrogens with zero attached hydrogens (tertiary/aromatic N) is 2. The van der Waals surface area contributed by atoms with Gasteiger partial charge in [0.05, 0.1) is 28.2 Å². The van der Waals surface area contributed by atoms with Gasteiger partial charge in [0.25, 0.3) is 11.2 Å². The van der Waals surface area contributed by atoms with Crippen molar-refractivity contribution in [3.05, 3.63) is 71.5 Å². The summed E-state index contributed by atoms with van der Waals surface area (Å²) in [6.07, 6.45) is -2.48. The Hall–Kier alpha value is -3.22. The summed E-state index contributed by atoms with van der Waals surface area (Å²) in [5, 5.41) is 21.4. The van der Waals surface area contributed by atoms with E-state index in [9.17, 15) is 29.6 Å².